The van der Waals surface area contributed by atoms with E-state index in [-0.39, 0.29) is 11.6 Å². The zero-order valence-corrected chi connectivity index (χ0v) is 13.2. The third-order valence-corrected chi connectivity index (χ3v) is 4.74. The SMILES string of the molecule is CC(N=Nc1nc(-c2ccc(F)cc2F)cs1)c1cccs1. The van der Waals surface area contributed by atoms with Crippen molar-refractivity contribution in [2.75, 3.05) is 0 Å². The van der Waals surface area contributed by atoms with Crippen LogP contribution in [0.25, 0.3) is 11.3 Å². The van der Waals surface area contributed by atoms with Crippen molar-refractivity contribution in [2.24, 2.45) is 10.2 Å². The number of thiazole rings is 1. The van der Waals surface area contributed by atoms with E-state index in [4.69, 9.17) is 0 Å². The molecule has 7 heteroatoms. The van der Waals surface area contributed by atoms with Crippen molar-refractivity contribution in [1.29, 1.82) is 0 Å². The summed E-state index contributed by atoms with van der Waals surface area (Å²) >= 11 is 2.88. The Bertz CT molecular complexity index is 797. The molecule has 0 aliphatic heterocycles. The average Bonchev–Trinajstić information content (AvgIpc) is 3.16. The number of thiophene rings is 1. The van der Waals surface area contributed by atoms with Gasteiger partial charge in [-0.05, 0) is 30.5 Å². The van der Waals surface area contributed by atoms with Crippen molar-refractivity contribution < 1.29 is 8.78 Å². The van der Waals surface area contributed by atoms with Gasteiger partial charge in [-0.25, -0.2) is 13.8 Å². The maximum absolute atomic E-state index is 13.7. The minimum absolute atomic E-state index is 0.0464. The summed E-state index contributed by atoms with van der Waals surface area (Å²) in [7, 11) is 0. The lowest BCUT2D eigenvalue weighted by Crippen LogP contribution is -1.86. The van der Waals surface area contributed by atoms with Gasteiger partial charge in [-0.2, -0.15) is 5.11 Å². The van der Waals surface area contributed by atoms with E-state index in [1.165, 1.54) is 23.5 Å². The molecule has 2 heterocycles. The summed E-state index contributed by atoms with van der Waals surface area (Å²) in [5, 5.41) is 12.4. The van der Waals surface area contributed by atoms with Crippen LogP contribution in [0.4, 0.5) is 13.9 Å². The minimum Gasteiger partial charge on any atom is -0.217 e. The molecule has 3 aromatic rings. The van der Waals surface area contributed by atoms with Crippen LogP contribution in [0.5, 0.6) is 0 Å². The topological polar surface area (TPSA) is 37.6 Å². The van der Waals surface area contributed by atoms with Crippen LogP contribution in [0.3, 0.4) is 0 Å². The van der Waals surface area contributed by atoms with Gasteiger partial charge >= 0.3 is 0 Å². The van der Waals surface area contributed by atoms with E-state index in [1.54, 1.807) is 16.7 Å². The average molecular weight is 335 g/mol. The smallest absolute Gasteiger partial charge is 0.217 e. The lowest BCUT2D eigenvalue weighted by atomic mass is 10.1. The summed E-state index contributed by atoms with van der Waals surface area (Å²) in [5.41, 5.74) is 0.686. The lowest BCUT2D eigenvalue weighted by molar-refractivity contribution is 0.585. The van der Waals surface area contributed by atoms with Crippen molar-refractivity contribution in [2.45, 2.75) is 13.0 Å². The molecule has 0 radical (unpaired) electrons. The second-order valence-corrected chi connectivity index (χ2v) is 6.36. The summed E-state index contributed by atoms with van der Waals surface area (Å²) in [6, 6.07) is 7.33. The molecule has 0 aliphatic rings. The zero-order valence-electron chi connectivity index (χ0n) is 11.5. The predicted octanol–water partition coefficient (Wildman–Crippen LogP) is 5.99. The fourth-order valence-electron chi connectivity index (χ4n) is 1.85. The van der Waals surface area contributed by atoms with E-state index in [0.717, 1.165) is 10.9 Å². The first-order chi connectivity index (χ1) is 10.6. The highest BCUT2D eigenvalue weighted by Gasteiger charge is 2.11. The van der Waals surface area contributed by atoms with Crippen LogP contribution < -0.4 is 0 Å². The largest absolute Gasteiger partial charge is 0.230 e. The molecule has 22 heavy (non-hydrogen) atoms. The van der Waals surface area contributed by atoms with Gasteiger partial charge in [-0.3, -0.25) is 0 Å². The van der Waals surface area contributed by atoms with Crippen molar-refractivity contribution in [1.82, 2.24) is 4.98 Å². The lowest BCUT2D eigenvalue weighted by Gasteiger charge is -1.99. The van der Waals surface area contributed by atoms with E-state index >= 15 is 0 Å². The first-order valence-electron chi connectivity index (χ1n) is 6.48. The molecule has 112 valence electrons. The Labute approximate surface area is 134 Å². The van der Waals surface area contributed by atoms with Gasteiger partial charge in [0.05, 0.1) is 5.69 Å². The standard InChI is InChI=1S/C15H11F2N3S2/c1-9(14-3-2-6-21-14)19-20-15-18-13(8-22-15)11-5-4-10(16)7-12(11)17/h2-9H,1H3. The third-order valence-electron chi connectivity index (χ3n) is 2.97. The molecule has 0 amide bonds. The van der Waals surface area contributed by atoms with Gasteiger partial charge in [-0.1, -0.05) is 6.07 Å². The molecule has 1 atom stereocenters. The van der Waals surface area contributed by atoms with E-state index < -0.39 is 11.6 Å². The Morgan fingerprint density at radius 2 is 2.05 bits per heavy atom. The number of hydrogen-bond acceptors (Lipinski definition) is 5. The molecule has 0 bridgehead atoms. The van der Waals surface area contributed by atoms with Crippen molar-refractivity contribution in [3.8, 4) is 11.3 Å². The van der Waals surface area contributed by atoms with Gasteiger partial charge in [0.25, 0.3) is 0 Å². The molecule has 1 aromatic carbocycles. The highest BCUT2D eigenvalue weighted by Crippen LogP contribution is 2.30. The van der Waals surface area contributed by atoms with Crippen LogP contribution in [0.2, 0.25) is 0 Å². The van der Waals surface area contributed by atoms with E-state index in [9.17, 15) is 8.78 Å². The second-order valence-electron chi connectivity index (χ2n) is 4.55. The maximum Gasteiger partial charge on any atom is 0.230 e. The van der Waals surface area contributed by atoms with Gasteiger partial charge in [0.2, 0.25) is 5.13 Å². The van der Waals surface area contributed by atoms with Gasteiger partial charge in [0.15, 0.2) is 0 Å². The molecule has 3 nitrogen and oxygen atoms in total. The van der Waals surface area contributed by atoms with Gasteiger partial charge in [0.1, 0.15) is 17.7 Å². The maximum atomic E-state index is 13.7. The summed E-state index contributed by atoms with van der Waals surface area (Å²) in [6.07, 6.45) is 0. The van der Waals surface area contributed by atoms with Crippen molar-refractivity contribution in [3.63, 3.8) is 0 Å². The van der Waals surface area contributed by atoms with Crippen LogP contribution >= 0.6 is 22.7 Å². The molecule has 0 fully saturated rings. The Morgan fingerprint density at radius 1 is 1.18 bits per heavy atom. The molecule has 0 saturated carbocycles. The number of hydrogen-bond donors (Lipinski definition) is 0. The first kappa shape index (κ1) is 14.9. The van der Waals surface area contributed by atoms with E-state index in [2.05, 4.69) is 15.2 Å². The molecule has 0 aliphatic carbocycles. The summed E-state index contributed by atoms with van der Waals surface area (Å²) in [4.78, 5) is 5.34. The normalized spacial score (nSPS) is 12.9. The highest BCUT2D eigenvalue weighted by atomic mass is 32.1. The van der Waals surface area contributed by atoms with Gasteiger partial charge in [-0.15, -0.1) is 27.8 Å². The minimum atomic E-state index is -0.638. The summed E-state index contributed by atoms with van der Waals surface area (Å²) in [5.74, 6) is -1.25. The van der Waals surface area contributed by atoms with Crippen LogP contribution in [0.1, 0.15) is 17.8 Å². The highest BCUT2D eigenvalue weighted by molar-refractivity contribution is 7.13. The number of azo groups is 1. The molecular formula is C15H11F2N3S2. The van der Waals surface area contributed by atoms with Crippen molar-refractivity contribution in [3.05, 3.63) is 57.6 Å². The zero-order chi connectivity index (χ0) is 15.5. The monoisotopic (exact) mass is 335 g/mol. The Balaban J connectivity index is 1.79. The van der Waals surface area contributed by atoms with Gasteiger partial charge in [0, 0.05) is 21.9 Å². The number of benzene rings is 1. The molecule has 2 aromatic heterocycles. The number of nitrogens with zero attached hydrogens (tertiary/aromatic N) is 3. The van der Waals surface area contributed by atoms with E-state index in [0.29, 0.717) is 10.8 Å². The number of aromatic nitrogens is 1. The Kier molecular flexibility index (Phi) is 4.35. The summed E-state index contributed by atoms with van der Waals surface area (Å²) < 4.78 is 26.6. The molecule has 0 spiro atoms. The van der Waals surface area contributed by atoms with Crippen molar-refractivity contribution >= 4 is 27.8 Å². The molecule has 1 unspecified atom stereocenters. The van der Waals surface area contributed by atoms with Crippen LogP contribution in [0, 0.1) is 11.6 Å². The third kappa shape index (κ3) is 3.26. The molecular weight excluding hydrogens is 324 g/mol. The van der Waals surface area contributed by atoms with Gasteiger partial charge < -0.3 is 0 Å². The first-order valence-corrected chi connectivity index (χ1v) is 8.24. The quantitative estimate of drug-likeness (QED) is 0.539. The Hall–Kier alpha value is -1.99. The molecule has 3 rings (SSSR count). The van der Waals surface area contributed by atoms with Crippen LogP contribution in [0.15, 0.2) is 51.3 Å². The second kappa shape index (κ2) is 6.41. The van der Waals surface area contributed by atoms with Crippen LogP contribution in [-0.2, 0) is 0 Å². The molecule has 0 N–H and O–H groups in total. The fraction of sp³-hybridized carbons (Fsp3) is 0.133. The number of halogens is 2. The predicted molar refractivity (Wildman–Crippen MR) is 84.7 cm³/mol. The Morgan fingerprint density at radius 3 is 2.77 bits per heavy atom. The molecule has 0 saturated heterocycles. The summed E-state index contributed by atoms with van der Waals surface area (Å²) in [6.45, 7) is 1.95. The fourth-order valence-corrected chi connectivity index (χ4v) is 3.21. The van der Waals surface area contributed by atoms with Crippen LogP contribution in [-0.4, -0.2) is 4.98 Å². The van der Waals surface area contributed by atoms with E-state index in [1.807, 2.05) is 24.4 Å². The number of rotatable bonds is 4.